The fourth-order valence-electron chi connectivity index (χ4n) is 4.61. The highest BCUT2D eigenvalue weighted by atomic mass is 16.7. The van der Waals surface area contributed by atoms with Gasteiger partial charge in [0.25, 0.3) is 11.4 Å². The number of nitro groups is 2. The number of non-ortho nitro benzene ring substituents is 2. The first-order valence-electron chi connectivity index (χ1n) is 13.7. The second kappa shape index (κ2) is 14.4. The molecule has 0 bridgehead atoms. The van der Waals surface area contributed by atoms with E-state index in [2.05, 4.69) is 0 Å². The molecule has 1 heterocycles. The maximum absolute atomic E-state index is 11.1. The van der Waals surface area contributed by atoms with Gasteiger partial charge < -0.3 is 23.7 Å². The van der Waals surface area contributed by atoms with Gasteiger partial charge in [0.15, 0.2) is 0 Å². The zero-order valence-corrected chi connectivity index (χ0v) is 23.1. The fourth-order valence-corrected chi connectivity index (χ4v) is 4.61. The SMILES string of the molecule is O=[N+]([O-])c1ccc(O[C@H]2O[C@H](COCc3ccccc3)[C@H](Oc3ccc([N+](=O)[O-])cc3)C[C@H]2OCc2ccccc2)cc1. The third kappa shape index (κ3) is 8.35. The van der Waals surface area contributed by atoms with Gasteiger partial charge in [0, 0.05) is 30.7 Å². The van der Waals surface area contributed by atoms with Gasteiger partial charge in [-0.3, -0.25) is 20.2 Å². The molecule has 0 amide bonds. The highest BCUT2D eigenvalue weighted by Crippen LogP contribution is 2.31. The predicted octanol–water partition coefficient (Wildman–Crippen LogP) is 6.25. The molecule has 11 nitrogen and oxygen atoms in total. The molecule has 0 saturated carbocycles. The number of nitrogens with zero attached hydrogens (tertiary/aromatic N) is 2. The smallest absolute Gasteiger partial charge is 0.269 e. The number of rotatable bonds is 13. The van der Waals surface area contributed by atoms with E-state index < -0.39 is 34.4 Å². The molecule has 1 aliphatic heterocycles. The van der Waals surface area contributed by atoms with Crippen LogP contribution in [0.4, 0.5) is 11.4 Å². The molecule has 0 aliphatic carbocycles. The van der Waals surface area contributed by atoms with E-state index in [9.17, 15) is 20.2 Å². The van der Waals surface area contributed by atoms with E-state index in [0.717, 1.165) is 11.1 Å². The lowest BCUT2D eigenvalue weighted by molar-refractivity contribution is -0.385. The Morgan fingerprint density at radius 2 is 1.16 bits per heavy atom. The summed E-state index contributed by atoms with van der Waals surface area (Å²) in [5.41, 5.74) is 1.85. The van der Waals surface area contributed by atoms with Gasteiger partial charge in [0.2, 0.25) is 6.29 Å². The Morgan fingerprint density at radius 3 is 1.70 bits per heavy atom. The molecule has 0 radical (unpaired) electrons. The summed E-state index contributed by atoms with van der Waals surface area (Å²) in [6, 6.07) is 30.9. The number of hydrogen-bond acceptors (Lipinski definition) is 9. The largest absolute Gasteiger partial charge is 0.488 e. The summed E-state index contributed by atoms with van der Waals surface area (Å²) in [6.45, 7) is 0.805. The molecule has 5 rings (SSSR count). The highest BCUT2D eigenvalue weighted by Gasteiger charge is 2.42. The van der Waals surface area contributed by atoms with Crippen LogP contribution in [-0.4, -0.2) is 41.1 Å². The van der Waals surface area contributed by atoms with E-state index in [0.29, 0.717) is 24.5 Å². The Labute approximate surface area is 247 Å². The van der Waals surface area contributed by atoms with Crippen LogP contribution in [0.2, 0.25) is 0 Å². The van der Waals surface area contributed by atoms with Crippen molar-refractivity contribution in [1.29, 1.82) is 0 Å². The summed E-state index contributed by atoms with van der Waals surface area (Å²) in [6.07, 6.45) is -2.27. The Hall–Kier alpha value is -4.84. The molecule has 0 aromatic heterocycles. The van der Waals surface area contributed by atoms with Crippen molar-refractivity contribution in [3.05, 3.63) is 141 Å². The average molecular weight is 587 g/mol. The van der Waals surface area contributed by atoms with Crippen molar-refractivity contribution >= 4 is 11.4 Å². The first-order valence-corrected chi connectivity index (χ1v) is 13.7. The lowest BCUT2D eigenvalue weighted by Gasteiger charge is -2.40. The summed E-state index contributed by atoms with van der Waals surface area (Å²) in [4.78, 5) is 21.3. The summed E-state index contributed by atoms with van der Waals surface area (Å²) in [5, 5.41) is 22.2. The standard InChI is InChI=1S/C32H30N2O9/c35-33(36)25-11-15-27(16-12-25)41-29-19-30(40-21-24-9-5-2-6-10-24)32(42-28-17-13-26(14-18-28)34(37)38)43-31(29)22-39-20-23-7-3-1-4-8-23/h1-18,29-32H,19-22H2/t29-,30-,31-,32+/m1/s1. The summed E-state index contributed by atoms with van der Waals surface area (Å²) < 4.78 is 31.2. The molecule has 4 atom stereocenters. The lowest BCUT2D eigenvalue weighted by Crippen LogP contribution is -2.54. The fraction of sp³-hybridized carbons (Fsp3) is 0.250. The number of benzene rings is 4. The number of nitro benzene ring substituents is 2. The summed E-state index contributed by atoms with van der Waals surface area (Å²) in [7, 11) is 0. The molecule has 4 aromatic rings. The zero-order chi connectivity index (χ0) is 30.0. The van der Waals surface area contributed by atoms with Crippen molar-refractivity contribution in [3.8, 4) is 11.5 Å². The maximum atomic E-state index is 11.1. The van der Waals surface area contributed by atoms with E-state index in [1.165, 1.54) is 36.4 Å². The normalized spacial score (nSPS) is 19.8. The number of hydrogen-bond donors (Lipinski definition) is 0. The van der Waals surface area contributed by atoms with Crippen molar-refractivity contribution in [2.45, 2.75) is 44.2 Å². The highest BCUT2D eigenvalue weighted by molar-refractivity contribution is 5.37. The number of ether oxygens (including phenoxy) is 5. The minimum absolute atomic E-state index is 0.0457. The van der Waals surface area contributed by atoms with Crippen LogP contribution < -0.4 is 9.47 Å². The van der Waals surface area contributed by atoms with Crippen molar-refractivity contribution in [2.75, 3.05) is 6.61 Å². The molecule has 11 heteroatoms. The van der Waals surface area contributed by atoms with E-state index in [-0.39, 0.29) is 24.6 Å². The predicted molar refractivity (Wildman–Crippen MR) is 156 cm³/mol. The van der Waals surface area contributed by atoms with Crippen LogP contribution in [-0.2, 0) is 27.4 Å². The van der Waals surface area contributed by atoms with Gasteiger partial charge in [-0.05, 0) is 35.4 Å². The molecule has 0 spiro atoms. The van der Waals surface area contributed by atoms with Gasteiger partial charge in [0.05, 0.1) is 29.7 Å². The molecule has 1 fully saturated rings. The molecular weight excluding hydrogens is 556 g/mol. The first-order chi connectivity index (χ1) is 20.9. The van der Waals surface area contributed by atoms with Crippen LogP contribution in [0, 0.1) is 20.2 Å². The second-order valence-corrected chi connectivity index (χ2v) is 9.89. The lowest BCUT2D eigenvalue weighted by atomic mass is 10.0. The van der Waals surface area contributed by atoms with E-state index in [4.69, 9.17) is 23.7 Å². The van der Waals surface area contributed by atoms with Crippen LogP contribution in [0.3, 0.4) is 0 Å². The van der Waals surface area contributed by atoms with Gasteiger partial charge in [-0.2, -0.15) is 0 Å². The van der Waals surface area contributed by atoms with Crippen molar-refractivity contribution < 1.29 is 33.5 Å². The molecule has 1 aliphatic rings. The topological polar surface area (TPSA) is 132 Å². The Kier molecular flexibility index (Phi) is 9.90. The van der Waals surface area contributed by atoms with Gasteiger partial charge in [-0.15, -0.1) is 0 Å². The second-order valence-electron chi connectivity index (χ2n) is 9.89. The first kappa shape index (κ1) is 29.6. The molecule has 1 saturated heterocycles. The maximum Gasteiger partial charge on any atom is 0.269 e. The zero-order valence-electron chi connectivity index (χ0n) is 23.1. The monoisotopic (exact) mass is 586 g/mol. The minimum atomic E-state index is -0.882. The third-order valence-electron chi connectivity index (χ3n) is 6.83. The molecule has 4 aromatic carbocycles. The Bertz CT molecular complexity index is 1470. The molecular formula is C32H30N2O9. The third-order valence-corrected chi connectivity index (χ3v) is 6.83. The van der Waals surface area contributed by atoms with Crippen molar-refractivity contribution in [3.63, 3.8) is 0 Å². The molecule has 222 valence electrons. The average Bonchev–Trinajstić information content (AvgIpc) is 3.03. The van der Waals surface area contributed by atoms with Crippen LogP contribution in [0.5, 0.6) is 11.5 Å². The van der Waals surface area contributed by atoms with Gasteiger partial charge in [-0.1, -0.05) is 60.7 Å². The molecule has 43 heavy (non-hydrogen) atoms. The van der Waals surface area contributed by atoms with Crippen molar-refractivity contribution in [1.82, 2.24) is 0 Å². The van der Waals surface area contributed by atoms with E-state index in [1.54, 1.807) is 12.1 Å². The van der Waals surface area contributed by atoms with Gasteiger partial charge in [-0.25, -0.2) is 0 Å². The Morgan fingerprint density at radius 1 is 0.651 bits per heavy atom. The minimum Gasteiger partial charge on any atom is -0.488 e. The van der Waals surface area contributed by atoms with Crippen LogP contribution >= 0.6 is 0 Å². The van der Waals surface area contributed by atoms with Gasteiger partial charge >= 0.3 is 0 Å². The van der Waals surface area contributed by atoms with Crippen molar-refractivity contribution in [2.24, 2.45) is 0 Å². The van der Waals surface area contributed by atoms with Crippen LogP contribution in [0.1, 0.15) is 17.5 Å². The summed E-state index contributed by atoms with van der Waals surface area (Å²) in [5.74, 6) is 0.811. The van der Waals surface area contributed by atoms with E-state index in [1.807, 2.05) is 60.7 Å². The molecule has 0 unspecified atom stereocenters. The van der Waals surface area contributed by atoms with Crippen LogP contribution in [0.25, 0.3) is 0 Å². The molecule has 0 N–H and O–H groups in total. The summed E-state index contributed by atoms with van der Waals surface area (Å²) >= 11 is 0. The quantitative estimate of drug-likeness (QED) is 0.132. The Balaban J connectivity index is 1.36. The van der Waals surface area contributed by atoms with Gasteiger partial charge in [0.1, 0.15) is 29.8 Å². The van der Waals surface area contributed by atoms with E-state index >= 15 is 0 Å². The van der Waals surface area contributed by atoms with Crippen LogP contribution in [0.15, 0.2) is 109 Å².